The van der Waals surface area contributed by atoms with E-state index >= 15 is 0 Å². The van der Waals surface area contributed by atoms with Gasteiger partial charge in [0, 0.05) is 0 Å². The van der Waals surface area contributed by atoms with Crippen molar-refractivity contribution in [3.05, 3.63) is 73.6 Å². The van der Waals surface area contributed by atoms with E-state index in [9.17, 15) is 14.0 Å². The molecule has 3 aromatic rings. The lowest BCUT2D eigenvalue weighted by molar-refractivity contribution is 0.414. The molecule has 7 heteroatoms. The van der Waals surface area contributed by atoms with Crippen LogP contribution in [0, 0.1) is 5.82 Å². The first-order chi connectivity index (χ1) is 11.0. The number of methoxy groups -OCH3 is 1. The number of hydrogen-bond acceptors (Lipinski definition) is 3. The molecule has 0 atom stereocenters. The molecule has 0 radical (unpaired) electrons. The second-order valence-electron chi connectivity index (χ2n) is 4.98. The lowest BCUT2D eigenvalue weighted by Crippen LogP contribution is -2.35. The van der Waals surface area contributed by atoms with Crippen molar-refractivity contribution in [3.8, 4) is 5.75 Å². The molecule has 0 spiro atoms. The predicted octanol–water partition coefficient (Wildman–Crippen LogP) is 2.54. The number of fused-ring (bicyclic) bond motifs is 1. The van der Waals surface area contributed by atoms with Crippen molar-refractivity contribution in [3.63, 3.8) is 0 Å². The largest absolute Gasteiger partial charge is 0.497 e. The first-order valence-corrected chi connectivity index (χ1v) is 7.12. The maximum atomic E-state index is 13.6. The zero-order chi connectivity index (χ0) is 16.6. The number of hydrogen-bond donors (Lipinski definition) is 1. The molecule has 3 rings (SSSR count). The van der Waals surface area contributed by atoms with E-state index in [0.717, 1.165) is 16.2 Å². The average Bonchev–Trinajstić information content (AvgIpc) is 2.54. The van der Waals surface area contributed by atoms with E-state index < -0.39 is 17.1 Å². The van der Waals surface area contributed by atoms with Gasteiger partial charge in [0.25, 0.3) is 5.56 Å². The maximum absolute atomic E-state index is 13.6. The van der Waals surface area contributed by atoms with Gasteiger partial charge in [0.15, 0.2) is 0 Å². The van der Waals surface area contributed by atoms with Crippen LogP contribution in [0.4, 0.5) is 4.39 Å². The third-order valence-corrected chi connectivity index (χ3v) is 3.81. The molecule has 0 bridgehead atoms. The van der Waals surface area contributed by atoms with E-state index in [2.05, 4.69) is 4.98 Å². The predicted molar refractivity (Wildman–Crippen MR) is 85.9 cm³/mol. The minimum absolute atomic E-state index is 0.0678. The second-order valence-corrected chi connectivity index (χ2v) is 5.39. The molecule has 0 amide bonds. The fourth-order valence-corrected chi connectivity index (χ4v) is 2.47. The first-order valence-electron chi connectivity index (χ1n) is 6.74. The van der Waals surface area contributed by atoms with E-state index in [1.807, 2.05) is 0 Å². The van der Waals surface area contributed by atoms with Crippen LogP contribution in [-0.2, 0) is 6.54 Å². The Morgan fingerprint density at radius 1 is 1.22 bits per heavy atom. The monoisotopic (exact) mass is 334 g/mol. The van der Waals surface area contributed by atoms with Gasteiger partial charge in [-0.3, -0.25) is 9.36 Å². The summed E-state index contributed by atoms with van der Waals surface area (Å²) in [6, 6.07) is 9.21. The summed E-state index contributed by atoms with van der Waals surface area (Å²) >= 11 is 5.67. The first kappa shape index (κ1) is 15.3. The van der Waals surface area contributed by atoms with Crippen molar-refractivity contribution in [2.45, 2.75) is 6.54 Å². The van der Waals surface area contributed by atoms with Gasteiger partial charge < -0.3 is 9.72 Å². The van der Waals surface area contributed by atoms with Crippen molar-refractivity contribution < 1.29 is 9.13 Å². The van der Waals surface area contributed by atoms with Crippen LogP contribution in [0.1, 0.15) is 5.56 Å². The minimum Gasteiger partial charge on any atom is -0.497 e. The normalized spacial score (nSPS) is 10.9. The summed E-state index contributed by atoms with van der Waals surface area (Å²) in [5.41, 5.74) is -0.208. The van der Waals surface area contributed by atoms with Crippen LogP contribution in [-0.4, -0.2) is 16.7 Å². The number of nitrogens with one attached hydrogen (secondary N) is 1. The van der Waals surface area contributed by atoms with Crippen LogP contribution < -0.4 is 16.0 Å². The molecule has 0 saturated carbocycles. The van der Waals surface area contributed by atoms with E-state index in [4.69, 9.17) is 16.3 Å². The second kappa shape index (κ2) is 5.89. The SMILES string of the molecule is COc1ccc(Cn2c(=O)[nH]c3cc(Cl)c(F)cc3c2=O)cc1. The standard InChI is InChI=1S/C16H12ClFN2O3/c1-23-10-4-2-9(3-5-10)8-20-15(21)11-6-13(18)12(17)7-14(11)19-16(20)22/h2-7H,8H2,1H3,(H,19,22). The molecule has 0 unspecified atom stereocenters. The summed E-state index contributed by atoms with van der Waals surface area (Å²) in [6.07, 6.45) is 0. The Hall–Kier alpha value is -2.60. The van der Waals surface area contributed by atoms with Crippen LogP contribution in [0.5, 0.6) is 5.75 Å². The summed E-state index contributed by atoms with van der Waals surface area (Å²) < 4.78 is 19.7. The lowest BCUT2D eigenvalue weighted by Gasteiger charge is -2.08. The minimum atomic E-state index is -0.709. The molecule has 5 nitrogen and oxygen atoms in total. The van der Waals surface area contributed by atoms with Crippen molar-refractivity contribution >= 4 is 22.5 Å². The zero-order valence-electron chi connectivity index (χ0n) is 12.1. The van der Waals surface area contributed by atoms with Gasteiger partial charge in [0.05, 0.1) is 29.6 Å². The third kappa shape index (κ3) is 2.85. The molecule has 1 N–H and O–H groups in total. The van der Waals surface area contributed by atoms with Crippen molar-refractivity contribution in [2.24, 2.45) is 0 Å². The molecule has 2 aromatic carbocycles. The third-order valence-electron chi connectivity index (χ3n) is 3.52. The average molecular weight is 335 g/mol. The highest BCUT2D eigenvalue weighted by molar-refractivity contribution is 6.31. The molecular weight excluding hydrogens is 323 g/mol. The molecule has 1 aromatic heterocycles. The summed E-state index contributed by atoms with van der Waals surface area (Å²) in [5, 5.41) is -0.0829. The highest BCUT2D eigenvalue weighted by Crippen LogP contribution is 2.18. The summed E-state index contributed by atoms with van der Waals surface area (Å²) in [6.45, 7) is 0.0678. The Labute approximate surface area is 134 Å². The number of halogens is 2. The van der Waals surface area contributed by atoms with E-state index in [0.29, 0.717) is 5.75 Å². The molecule has 0 aliphatic carbocycles. The smallest absolute Gasteiger partial charge is 0.329 e. The fourth-order valence-electron chi connectivity index (χ4n) is 2.30. The van der Waals surface area contributed by atoms with Gasteiger partial charge in [-0.2, -0.15) is 0 Å². The molecule has 0 fully saturated rings. The summed E-state index contributed by atoms with van der Waals surface area (Å²) in [5.74, 6) is -0.0375. The van der Waals surface area contributed by atoms with E-state index in [-0.39, 0.29) is 22.5 Å². The van der Waals surface area contributed by atoms with Crippen molar-refractivity contribution in [1.82, 2.24) is 9.55 Å². The number of aromatic amines is 1. The quantitative estimate of drug-likeness (QED) is 0.800. The molecular formula is C16H12ClFN2O3. The van der Waals surface area contributed by atoms with Crippen molar-refractivity contribution in [1.29, 1.82) is 0 Å². The number of aromatic nitrogens is 2. The van der Waals surface area contributed by atoms with Gasteiger partial charge in [0.2, 0.25) is 0 Å². The Morgan fingerprint density at radius 2 is 1.91 bits per heavy atom. The topological polar surface area (TPSA) is 64.1 Å². The fraction of sp³-hybridized carbons (Fsp3) is 0.125. The molecule has 23 heavy (non-hydrogen) atoms. The van der Waals surface area contributed by atoms with Crippen molar-refractivity contribution in [2.75, 3.05) is 7.11 Å². The molecule has 0 aliphatic rings. The molecule has 1 heterocycles. The zero-order valence-corrected chi connectivity index (χ0v) is 12.9. The van der Waals surface area contributed by atoms with E-state index in [1.54, 1.807) is 31.4 Å². The Morgan fingerprint density at radius 3 is 2.57 bits per heavy atom. The lowest BCUT2D eigenvalue weighted by atomic mass is 10.2. The van der Waals surface area contributed by atoms with Crippen LogP contribution in [0.15, 0.2) is 46.0 Å². The maximum Gasteiger partial charge on any atom is 0.329 e. The number of nitrogens with zero attached hydrogens (tertiary/aromatic N) is 1. The number of rotatable bonds is 3. The van der Waals surface area contributed by atoms with Gasteiger partial charge in [-0.25, -0.2) is 9.18 Å². The summed E-state index contributed by atoms with van der Waals surface area (Å²) in [4.78, 5) is 27.1. The van der Waals surface area contributed by atoms with Crippen LogP contribution in [0.2, 0.25) is 5.02 Å². The molecule has 0 saturated heterocycles. The van der Waals surface area contributed by atoms with Crippen LogP contribution >= 0.6 is 11.6 Å². The van der Waals surface area contributed by atoms with Crippen LogP contribution in [0.25, 0.3) is 10.9 Å². The number of ether oxygens (including phenoxy) is 1. The van der Waals surface area contributed by atoms with Gasteiger partial charge in [-0.05, 0) is 29.8 Å². The highest BCUT2D eigenvalue weighted by atomic mass is 35.5. The number of H-pyrrole nitrogens is 1. The Balaban J connectivity index is 2.11. The van der Waals surface area contributed by atoms with Gasteiger partial charge in [-0.1, -0.05) is 23.7 Å². The molecule has 0 aliphatic heterocycles. The van der Waals surface area contributed by atoms with E-state index in [1.165, 1.54) is 6.07 Å². The molecule has 118 valence electrons. The summed E-state index contributed by atoms with van der Waals surface area (Å²) in [7, 11) is 1.55. The van der Waals surface area contributed by atoms with Gasteiger partial charge in [0.1, 0.15) is 11.6 Å². The Bertz CT molecular complexity index is 993. The van der Waals surface area contributed by atoms with Gasteiger partial charge >= 0.3 is 5.69 Å². The number of benzene rings is 2. The highest BCUT2D eigenvalue weighted by Gasteiger charge is 2.11. The Kier molecular flexibility index (Phi) is 3.92. The van der Waals surface area contributed by atoms with Gasteiger partial charge in [-0.15, -0.1) is 0 Å². The van der Waals surface area contributed by atoms with Crippen LogP contribution in [0.3, 0.4) is 0 Å².